The highest BCUT2D eigenvalue weighted by molar-refractivity contribution is 5.96. The van der Waals surface area contributed by atoms with Gasteiger partial charge in [-0.25, -0.2) is 18.7 Å². The van der Waals surface area contributed by atoms with Crippen molar-refractivity contribution < 1.29 is 23.5 Å². The fourth-order valence-corrected chi connectivity index (χ4v) is 5.45. The van der Waals surface area contributed by atoms with E-state index in [1.54, 1.807) is 9.47 Å². The van der Waals surface area contributed by atoms with E-state index in [0.29, 0.717) is 29.7 Å². The molecule has 43 heavy (non-hydrogen) atoms. The van der Waals surface area contributed by atoms with E-state index in [4.69, 9.17) is 0 Å². The van der Waals surface area contributed by atoms with E-state index in [1.165, 1.54) is 24.3 Å². The van der Waals surface area contributed by atoms with E-state index < -0.39 is 34.8 Å². The number of H-pyrrole nitrogens is 1. The summed E-state index contributed by atoms with van der Waals surface area (Å²) in [6, 6.07) is 4.79. The predicted molar refractivity (Wildman–Crippen MR) is 152 cm³/mol. The highest BCUT2D eigenvalue weighted by Gasteiger charge is 2.34. The Bertz CT molecular complexity index is 1800. The first-order valence-corrected chi connectivity index (χ1v) is 14.1. The van der Waals surface area contributed by atoms with Crippen LogP contribution in [-0.4, -0.2) is 65.2 Å². The molecule has 0 spiro atoms. The lowest BCUT2D eigenvalue weighted by atomic mass is 10.1. The molecule has 0 saturated heterocycles. The van der Waals surface area contributed by atoms with Crippen LogP contribution in [0.4, 0.5) is 14.6 Å². The fraction of sp³-hybridized carbons (Fsp3) is 0.379. The van der Waals surface area contributed by atoms with Crippen LogP contribution in [0.2, 0.25) is 0 Å². The first kappa shape index (κ1) is 28.2. The average Bonchev–Trinajstić information content (AvgIpc) is 3.74. The maximum absolute atomic E-state index is 14.8. The number of carbonyl (C=O) groups is 2. The minimum Gasteiger partial charge on any atom is -0.503 e. The number of rotatable bonds is 9. The number of carbonyl (C=O) groups excluding carboxylic acids is 2. The van der Waals surface area contributed by atoms with Crippen LogP contribution in [0.25, 0.3) is 22.4 Å². The number of amides is 2. The van der Waals surface area contributed by atoms with Gasteiger partial charge >= 0.3 is 0 Å². The minimum absolute atomic E-state index is 0.00474. The molecule has 1 aromatic carbocycles. The van der Waals surface area contributed by atoms with Crippen LogP contribution in [-0.2, 0) is 17.9 Å². The van der Waals surface area contributed by atoms with E-state index in [1.807, 2.05) is 13.8 Å². The maximum Gasteiger partial charge on any atom is 0.274 e. The summed E-state index contributed by atoms with van der Waals surface area (Å²) in [5.41, 5.74) is 0.449. The summed E-state index contributed by atoms with van der Waals surface area (Å²) >= 11 is 0. The average molecular weight is 593 g/mol. The van der Waals surface area contributed by atoms with Crippen molar-refractivity contribution in [2.45, 2.75) is 58.3 Å². The first-order valence-electron chi connectivity index (χ1n) is 14.1. The maximum atomic E-state index is 14.8. The molecular weight excluding hydrogens is 562 g/mol. The Kier molecular flexibility index (Phi) is 7.28. The molecule has 2 amide bonds. The van der Waals surface area contributed by atoms with E-state index >= 15 is 0 Å². The number of pyridine rings is 1. The molecule has 0 radical (unpaired) electrons. The number of aromatic nitrogens is 5. The van der Waals surface area contributed by atoms with Crippen molar-refractivity contribution in [2.75, 3.05) is 11.9 Å². The number of benzene rings is 1. The van der Waals surface area contributed by atoms with E-state index in [9.17, 15) is 28.3 Å². The van der Waals surface area contributed by atoms with Crippen LogP contribution in [0.1, 0.15) is 49.3 Å². The van der Waals surface area contributed by atoms with Crippen molar-refractivity contribution >= 4 is 28.5 Å². The fourth-order valence-electron chi connectivity index (χ4n) is 5.45. The third-order valence-electron chi connectivity index (χ3n) is 7.89. The Morgan fingerprint density at radius 3 is 2.72 bits per heavy atom. The van der Waals surface area contributed by atoms with Crippen LogP contribution in [0.3, 0.4) is 0 Å². The van der Waals surface area contributed by atoms with Crippen LogP contribution < -0.4 is 16.1 Å². The van der Waals surface area contributed by atoms with Crippen molar-refractivity contribution in [3.63, 3.8) is 0 Å². The minimum atomic E-state index is -0.712. The molecule has 0 bridgehead atoms. The number of nitrogens with zero attached hydrogens (tertiary/aromatic N) is 5. The summed E-state index contributed by atoms with van der Waals surface area (Å²) in [6.07, 6.45) is 2.70. The van der Waals surface area contributed by atoms with Gasteiger partial charge in [-0.05, 0) is 50.8 Å². The summed E-state index contributed by atoms with van der Waals surface area (Å²) in [4.78, 5) is 48.4. The second kappa shape index (κ2) is 11.1. The summed E-state index contributed by atoms with van der Waals surface area (Å²) in [5, 5.41) is 23.6. The SMILES string of the molecule is CC(C)N1CCn2c(CNC(=O)CC(Nc3nc(-c4n[nH]c5ccc(F)cc45)ncc3F)C3CC3)cc(=O)c(O)c2C1=O. The van der Waals surface area contributed by atoms with Gasteiger partial charge in [0, 0.05) is 48.7 Å². The lowest BCUT2D eigenvalue weighted by Crippen LogP contribution is -2.46. The molecule has 6 rings (SSSR count). The number of halogens is 2. The number of fused-ring (bicyclic) bond motifs is 2. The molecule has 1 saturated carbocycles. The number of hydrogen-bond donors (Lipinski definition) is 4. The van der Waals surface area contributed by atoms with Crippen LogP contribution in [0.5, 0.6) is 5.75 Å². The normalized spacial score (nSPS) is 15.6. The molecular formula is C29H30F2N8O4. The van der Waals surface area contributed by atoms with Gasteiger partial charge in [-0.3, -0.25) is 19.5 Å². The van der Waals surface area contributed by atoms with Gasteiger partial charge in [0.25, 0.3) is 5.91 Å². The van der Waals surface area contributed by atoms with Gasteiger partial charge in [0.2, 0.25) is 11.3 Å². The number of anilines is 1. The summed E-state index contributed by atoms with van der Waals surface area (Å²) in [5.74, 6) is -2.47. The predicted octanol–water partition coefficient (Wildman–Crippen LogP) is 2.93. The molecule has 1 fully saturated rings. The van der Waals surface area contributed by atoms with Crippen molar-refractivity contribution in [3.05, 3.63) is 63.7 Å². The van der Waals surface area contributed by atoms with Crippen molar-refractivity contribution in [3.8, 4) is 17.3 Å². The Labute approximate surface area is 244 Å². The molecule has 224 valence electrons. The van der Waals surface area contributed by atoms with Gasteiger partial charge in [-0.15, -0.1) is 0 Å². The molecule has 12 nitrogen and oxygen atoms in total. The summed E-state index contributed by atoms with van der Waals surface area (Å²) in [6.45, 7) is 4.42. The topological polar surface area (TPSA) is 158 Å². The van der Waals surface area contributed by atoms with Gasteiger partial charge < -0.3 is 25.2 Å². The van der Waals surface area contributed by atoms with Crippen molar-refractivity contribution in [2.24, 2.45) is 5.92 Å². The van der Waals surface area contributed by atoms with Crippen LogP contribution in [0, 0.1) is 17.6 Å². The molecule has 4 aromatic rings. The number of hydrogen-bond acceptors (Lipinski definition) is 8. The monoisotopic (exact) mass is 592 g/mol. The zero-order valence-corrected chi connectivity index (χ0v) is 23.5. The van der Waals surface area contributed by atoms with Gasteiger partial charge in [0.1, 0.15) is 11.5 Å². The van der Waals surface area contributed by atoms with Gasteiger partial charge in [0.15, 0.2) is 28.9 Å². The largest absolute Gasteiger partial charge is 0.503 e. The Morgan fingerprint density at radius 1 is 1.19 bits per heavy atom. The molecule has 3 aromatic heterocycles. The highest BCUT2D eigenvalue weighted by Crippen LogP contribution is 2.36. The van der Waals surface area contributed by atoms with Crippen molar-refractivity contribution in [1.82, 2.24) is 34.9 Å². The molecule has 1 unspecified atom stereocenters. The molecule has 1 aliphatic heterocycles. The lowest BCUT2D eigenvalue weighted by molar-refractivity contribution is -0.121. The Morgan fingerprint density at radius 2 is 1.98 bits per heavy atom. The molecule has 1 atom stereocenters. The molecule has 2 aliphatic rings. The summed E-state index contributed by atoms with van der Waals surface area (Å²) < 4.78 is 30.2. The van der Waals surface area contributed by atoms with Gasteiger partial charge in [0.05, 0.1) is 18.3 Å². The lowest BCUT2D eigenvalue weighted by Gasteiger charge is -2.34. The Balaban J connectivity index is 1.18. The number of aromatic hydroxyl groups is 1. The number of aromatic amines is 1. The standard InChI is InChI=1S/C29H30F2N8O4/c1-14(2)38-7-8-39-17(10-22(40)26(42)25(39)29(38)43)12-32-23(41)11-21(15-3-4-15)34-27-19(31)13-33-28(35-27)24-18-9-16(30)5-6-20(18)36-37-24/h5-6,9-10,13-15,21,42H,3-4,7-8,11-12H2,1-2H3,(H,32,41)(H,36,37)(H,33,34,35). The van der Waals surface area contributed by atoms with Crippen LogP contribution >= 0.6 is 0 Å². The zero-order chi connectivity index (χ0) is 30.4. The second-order valence-electron chi connectivity index (χ2n) is 11.2. The molecule has 4 N–H and O–H groups in total. The summed E-state index contributed by atoms with van der Waals surface area (Å²) in [7, 11) is 0. The van der Waals surface area contributed by atoms with E-state index in [-0.39, 0.29) is 53.9 Å². The highest BCUT2D eigenvalue weighted by atomic mass is 19.1. The third-order valence-corrected chi connectivity index (χ3v) is 7.89. The number of nitrogens with one attached hydrogen (secondary N) is 3. The Hall–Kier alpha value is -4.88. The quantitative estimate of drug-likeness (QED) is 0.231. The van der Waals surface area contributed by atoms with Crippen molar-refractivity contribution in [1.29, 1.82) is 0 Å². The van der Waals surface area contributed by atoms with E-state index in [0.717, 1.165) is 19.0 Å². The molecule has 4 heterocycles. The third kappa shape index (κ3) is 5.51. The zero-order valence-electron chi connectivity index (χ0n) is 23.5. The molecule has 1 aliphatic carbocycles. The van der Waals surface area contributed by atoms with Gasteiger partial charge in [-0.2, -0.15) is 5.10 Å². The molecule has 14 heteroatoms. The second-order valence-corrected chi connectivity index (χ2v) is 11.2. The smallest absolute Gasteiger partial charge is 0.274 e. The first-order chi connectivity index (χ1) is 20.6. The van der Waals surface area contributed by atoms with Gasteiger partial charge in [-0.1, -0.05) is 0 Å². The van der Waals surface area contributed by atoms with Crippen LogP contribution in [0.15, 0.2) is 35.3 Å². The van der Waals surface area contributed by atoms with E-state index in [2.05, 4.69) is 30.8 Å².